The van der Waals surface area contributed by atoms with Crippen LogP contribution in [0.4, 0.5) is 8.78 Å². The lowest BCUT2D eigenvalue weighted by Crippen LogP contribution is -2.39. The number of rotatable bonds is 5. The van der Waals surface area contributed by atoms with E-state index in [4.69, 9.17) is 0 Å². The molecule has 146 valence electrons. The Morgan fingerprint density at radius 3 is 2.45 bits per heavy atom. The summed E-state index contributed by atoms with van der Waals surface area (Å²) in [4.78, 5) is 30.2. The van der Waals surface area contributed by atoms with E-state index in [1.807, 2.05) is 0 Å². The number of halogens is 2. The standard InChI is InChI=1S/C21H16F2N4O2/c1-2-11-26-20(28)18-19(27(21(26)29)16-9-7-15(22)8-10-16)24-13-25(18)12-14-5-3-4-6-17(14)23/h2-10,13H,1,11-12H2. The lowest BCUT2D eigenvalue weighted by molar-refractivity contribution is 0.600. The lowest BCUT2D eigenvalue weighted by Gasteiger charge is -2.12. The molecule has 6 nitrogen and oxygen atoms in total. The number of allylic oxidation sites excluding steroid dienone is 1. The highest BCUT2D eigenvalue weighted by Crippen LogP contribution is 2.16. The number of aromatic nitrogens is 4. The van der Waals surface area contributed by atoms with E-state index in [1.165, 1.54) is 51.9 Å². The van der Waals surface area contributed by atoms with Gasteiger partial charge in [0, 0.05) is 12.1 Å². The van der Waals surface area contributed by atoms with Gasteiger partial charge in [0.2, 0.25) is 0 Å². The Bertz CT molecular complexity index is 1330. The number of benzene rings is 2. The van der Waals surface area contributed by atoms with Gasteiger partial charge in [0.1, 0.15) is 11.6 Å². The summed E-state index contributed by atoms with van der Waals surface area (Å²) in [6.45, 7) is 3.64. The second-order valence-corrected chi connectivity index (χ2v) is 6.43. The van der Waals surface area contributed by atoms with Gasteiger partial charge < -0.3 is 4.57 Å². The summed E-state index contributed by atoms with van der Waals surface area (Å²) in [7, 11) is 0. The number of imidazole rings is 1. The molecule has 0 saturated heterocycles. The van der Waals surface area contributed by atoms with E-state index in [-0.39, 0.29) is 24.3 Å². The summed E-state index contributed by atoms with van der Waals surface area (Å²) >= 11 is 0. The zero-order valence-corrected chi connectivity index (χ0v) is 15.3. The number of hydrogen-bond acceptors (Lipinski definition) is 3. The molecule has 0 saturated carbocycles. The van der Waals surface area contributed by atoms with Gasteiger partial charge in [-0.25, -0.2) is 23.1 Å². The van der Waals surface area contributed by atoms with Gasteiger partial charge in [0.25, 0.3) is 5.56 Å². The van der Waals surface area contributed by atoms with Crippen LogP contribution in [0.2, 0.25) is 0 Å². The van der Waals surface area contributed by atoms with Gasteiger partial charge in [-0.05, 0) is 30.3 Å². The highest BCUT2D eigenvalue weighted by Gasteiger charge is 2.19. The van der Waals surface area contributed by atoms with Crippen molar-refractivity contribution in [3.05, 3.63) is 106 Å². The van der Waals surface area contributed by atoms with E-state index in [0.717, 1.165) is 4.57 Å². The Morgan fingerprint density at radius 2 is 1.76 bits per heavy atom. The number of fused-ring (bicyclic) bond motifs is 1. The maximum Gasteiger partial charge on any atom is 0.337 e. The fraction of sp³-hybridized carbons (Fsp3) is 0.0952. The molecule has 0 aliphatic carbocycles. The van der Waals surface area contributed by atoms with E-state index >= 15 is 0 Å². The fourth-order valence-electron chi connectivity index (χ4n) is 3.22. The molecule has 4 aromatic rings. The molecule has 0 aliphatic rings. The predicted molar refractivity (Wildman–Crippen MR) is 105 cm³/mol. The van der Waals surface area contributed by atoms with Crippen molar-refractivity contribution < 1.29 is 8.78 Å². The van der Waals surface area contributed by atoms with Crippen molar-refractivity contribution in [3.8, 4) is 5.69 Å². The SMILES string of the molecule is C=CCn1c(=O)c2c(ncn2Cc2ccccc2F)n(-c2ccc(F)cc2)c1=O. The molecule has 0 aliphatic heterocycles. The van der Waals surface area contributed by atoms with Gasteiger partial charge in [-0.15, -0.1) is 6.58 Å². The first-order valence-corrected chi connectivity index (χ1v) is 8.82. The first-order chi connectivity index (χ1) is 14.0. The summed E-state index contributed by atoms with van der Waals surface area (Å²) in [6.07, 6.45) is 2.82. The largest absolute Gasteiger partial charge is 0.337 e. The van der Waals surface area contributed by atoms with Crippen LogP contribution in [0, 0.1) is 11.6 Å². The zero-order valence-electron chi connectivity index (χ0n) is 15.3. The monoisotopic (exact) mass is 394 g/mol. The van der Waals surface area contributed by atoms with E-state index in [2.05, 4.69) is 11.6 Å². The maximum absolute atomic E-state index is 14.1. The van der Waals surface area contributed by atoms with E-state index in [0.29, 0.717) is 11.3 Å². The molecule has 2 heterocycles. The molecule has 0 spiro atoms. The molecular formula is C21H16F2N4O2. The normalized spacial score (nSPS) is 11.1. The highest BCUT2D eigenvalue weighted by atomic mass is 19.1. The van der Waals surface area contributed by atoms with Crippen LogP contribution in [0.5, 0.6) is 0 Å². The molecule has 2 aromatic heterocycles. The molecule has 0 bridgehead atoms. The fourth-order valence-corrected chi connectivity index (χ4v) is 3.22. The van der Waals surface area contributed by atoms with Crippen LogP contribution in [0.3, 0.4) is 0 Å². The second kappa shape index (κ2) is 7.31. The molecule has 0 radical (unpaired) electrons. The van der Waals surface area contributed by atoms with Crippen LogP contribution in [-0.4, -0.2) is 18.7 Å². The van der Waals surface area contributed by atoms with Crippen LogP contribution >= 0.6 is 0 Å². The molecular weight excluding hydrogens is 378 g/mol. The average molecular weight is 394 g/mol. The number of hydrogen-bond donors (Lipinski definition) is 0. The Labute approximate surface area is 163 Å². The van der Waals surface area contributed by atoms with Crippen molar-refractivity contribution in [2.45, 2.75) is 13.1 Å². The summed E-state index contributed by atoms with van der Waals surface area (Å²) < 4.78 is 31.2. The molecule has 0 unspecified atom stereocenters. The van der Waals surface area contributed by atoms with E-state index in [9.17, 15) is 18.4 Å². The Kier molecular flexibility index (Phi) is 4.67. The third kappa shape index (κ3) is 3.18. The van der Waals surface area contributed by atoms with Crippen molar-refractivity contribution in [1.29, 1.82) is 0 Å². The molecule has 0 N–H and O–H groups in total. The van der Waals surface area contributed by atoms with Crippen LogP contribution < -0.4 is 11.2 Å². The molecule has 0 atom stereocenters. The molecule has 2 aromatic carbocycles. The summed E-state index contributed by atoms with van der Waals surface area (Å²) in [5.41, 5.74) is -0.194. The third-order valence-electron chi connectivity index (χ3n) is 4.60. The van der Waals surface area contributed by atoms with Gasteiger partial charge in [-0.3, -0.25) is 9.36 Å². The van der Waals surface area contributed by atoms with Gasteiger partial charge >= 0.3 is 5.69 Å². The predicted octanol–water partition coefficient (Wildman–Crippen LogP) is 2.86. The minimum atomic E-state index is -0.620. The van der Waals surface area contributed by atoms with Crippen LogP contribution in [0.25, 0.3) is 16.9 Å². The van der Waals surface area contributed by atoms with Gasteiger partial charge in [0.15, 0.2) is 11.2 Å². The molecule has 29 heavy (non-hydrogen) atoms. The number of nitrogens with zero attached hydrogens (tertiary/aromatic N) is 4. The van der Waals surface area contributed by atoms with Crippen LogP contribution in [0.15, 0.2) is 77.1 Å². The second-order valence-electron chi connectivity index (χ2n) is 6.43. The van der Waals surface area contributed by atoms with Crippen LogP contribution in [0.1, 0.15) is 5.56 Å². The van der Waals surface area contributed by atoms with Crippen molar-refractivity contribution >= 4 is 11.2 Å². The lowest BCUT2D eigenvalue weighted by atomic mass is 10.2. The maximum atomic E-state index is 14.1. The van der Waals surface area contributed by atoms with Gasteiger partial charge in [0.05, 0.1) is 18.6 Å². The van der Waals surface area contributed by atoms with Crippen molar-refractivity contribution in [2.75, 3.05) is 0 Å². The van der Waals surface area contributed by atoms with Gasteiger partial charge in [-0.1, -0.05) is 24.3 Å². The Balaban J connectivity index is 2.01. The Hall–Kier alpha value is -3.81. The van der Waals surface area contributed by atoms with E-state index in [1.54, 1.807) is 18.2 Å². The summed E-state index contributed by atoms with van der Waals surface area (Å²) in [6, 6.07) is 11.5. The van der Waals surface area contributed by atoms with E-state index < -0.39 is 22.9 Å². The molecule has 0 amide bonds. The first-order valence-electron chi connectivity index (χ1n) is 8.82. The topological polar surface area (TPSA) is 61.8 Å². The Morgan fingerprint density at radius 1 is 1.03 bits per heavy atom. The average Bonchev–Trinajstić information content (AvgIpc) is 3.12. The van der Waals surface area contributed by atoms with Crippen molar-refractivity contribution in [2.24, 2.45) is 0 Å². The minimum absolute atomic E-state index is 0.0142. The van der Waals surface area contributed by atoms with Crippen molar-refractivity contribution in [1.82, 2.24) is 18.7 Å². The van der Waals surface area contributed by atoms with Crippen LogP contribution in [-0.2, 0) is 13.1 Å². The highest BCUT2D eigenvalue weighted by molar-refractivity contribution is 5.72. The smallest absolute Gasteiger partial charge is 0.320 e. The molecule has 4 rings (SSSR count). The third-order valence-corrected chi connectivity index (χ3v) is 4.60. The van der Waals surface area contributed by atoms with Crippen molar-refractivity contribution in [3.63, 3.8) is 0 Å². The first kappa shape index (κ1) is 18.5. The zero-order chi connectivity index (χ0) is 20.5. The molecule has 8 heteroatoms. The summed E-state index contributed by atoms with van der Waals surface area (Å²) in [5, 5.41) is 0. The quantitative estimate of drug-likeness (QED) is 0.489. The minimum Gasteiger partial charge on any atom is -0.320 e. The summed E-state index contributed by atoms with van der Waals surface area (Å²) in [5.74, 6) is -0.866. The van der Waals surface area contributed by atoms with Gasteiger partial charge in [-0.2, -0.15) is 0 Å². The molecule has 0 fully saturated rings.